The van der Waals surface area contributed by atoms with Crippen LogP contribution < -0.4 is 10.6 Å². The first-order valence-corrected chi connectivity index (χ1v) is 6.26. The first kappa shape index (κ1) is 17.7. The second-order valence-corrected chi connectivity index (χ2v) is 5.31. The van der Waals surface area contributed by atoms with Crippen molar-refractivity contribution in [3.05, 3.63) is 11.6 Å². The summed E-state index contributed by atoms with van der Waals surface area (Å²) in [6.45, 7) is 8.93. The molecule has 1 aliphatic rings. The Hall–Kier alpha value is -0.300. The zero-order valence-electron chi connectivity index (χ0n) is 11.9. The van der Waals surface area contributed by atoms with Crippen LogP contribution in [0.25, 0.3) is 0 Å². The molecule has 0 aliphatic carbocycles. The van der Waals surface area contributed by atoms with E-state index in [2.05, 4.69) is 42.5 Å². The van der Waals surface area contributed by atoms with E-state index in [1.165, 1.54) is 5.57 Å². The Balaban J connectivity index is 0.00000289. The Morgan fingerprint density at radius 1 is 1.44 bits per heavy atom. The number of nitrogens with zero attached hydrogens (tertiary/aromatic N) is 1. The van der Waals surface area contributed by atoms with E-state index in [0.717, 1.165) is 38.6 Å². The van der Waals surface area contributed by atoms with Gasteiger partial charge >= 0.3 is 0 Å². The molecule has 0 fully saturated rings. The number of rotatable bonds is 3. The van der Waals surface area contributed by atoms with E-state index in [9.17, 15) is 0 Å². The zero-order chi connectivity index (χ0) is 12.7. The minimum atomic E-state index is 0. The van der Waals surface area contributed by atoms with Crippen molar-refractivity contribution in [2.45, 2.75) is 39.2 Å². The highest BCUT2D eigenvalue weighted by Crippen LogP contribution is 2.10. The van der Waals surface area contributed by atoms with Gasteiger partial charge in [-0.15, -0.1) is 24.0 Å². The number of aliphatic imine (C=N–C) groups is 1. The van der Waals surface area contributed by atoms with Gasteiger partial charge in [0.15, 0.2) is 5.96 Å². The van der Waals surface area contributed by atoms with Crippen LogP contribution in [0.4, 0.5) is 0 Å². The summed E-state index contributed by atoms with van der Waals surface area (Å²) >= 11 is 0. The number of nitrogens with one attached hydrogen (secondary N) is 2. The zero-order valence-corrected chi connectivity index (χ0v) is 14.2. The third kappa shape index (κ3) is 7.92. The topological polar surface area (TPSA) is 45.7 Å². The summed E-state index contributed by atoms with van der Waals surface area (Å²) in [5, 5.41) is 6.67. The van der Waals surface area contributed by atoms with E-state index in [1.807, 2.05) is 0 Å². The molecule has 0 aromatic heterocycles. The lowest BCUT2D eigenvalue weighted by atomic mass is 10.1. The molecule has 0 radical (unpaired) electrons. The largest absolute Gasteiger partial charge is 0.377 e. The van der Waals surface area contributed by atoms with Gasteiger partial charge in [-0.05, 0) is 33.6 Å². The van der Waals surface area contributed by atoms with Gasteiger partial charge in [0, 0.05) is 19.1 Å². The van der Waals surface area contributed by atoms with Crippen molar-refractivity contribution in [1.82, 2.24) is 10.6 Å². The molecule has 5 heteroatoms. The monoisotopic (exact) mass is 367 g/mol. The smallest absolute Gasteiger partial charge is 0.191 e. The molecule has 0 atom stereocenters. The van der Waals surface area contributed by atoms with Crippen LogP contribution >= 0.6 is 24.0 Å². The van der Waals surface area contributed by atoms with Gasteiger partial charge in [-0.2, -0.15) is 0 Å². The molecule has 0 saturated carbocycles. The van der Waals surface area contributed by atoms with Gasteiger partial charge in [0.05, 0.1) is 13.2 Å². The fourth-order valence-corrected chi connectivity index (χ4v) is 1.67. The van der Waals surface area contributed by atoms with E-state index in [0.29, 0.717) is 0 Å². The van der Waals surface area contributed by atoms with Crippen LogP contribution in [0.1, 0.15) is 33.6 Å². The molecule has 1 heterocycles. The van der Waals surface area contributed by atoms with Crippen molar-refractivity contribution in [2.75, 3.05) is 26.8 Å². The highest BCUT2D eigenvalue weighted by Gasteiger charge is 2.11. The number of hydrogen-bond donors (Lipinski definition) is 2. The SMILES string of the molecule is CN=C(NCCC1=CCOCC1)NC(C)(C)C.I. The number of halogens is 1. The molecule has 0 bridgehead atoms. The van der Waals surface area contributed by atoms with E-state index < -0.39 is 0 Å². The number of guanidine groups is 1. The highest BCUT2D eigenvalue weighted by atomic mass is 127. The van der Waals surface area contributed by atoms with Crippen molar-refractivity contribution in [3.8, 4) is 0 Å². The summed E-state index contributed by atoms with van der Waals surface area (Å²) in [7, 11) is 1.80. The quantitative estimate of drug-likeness (QED) is 0.348. The third-order valence-electron chi connectivity index (χ3n) is 2.51. The van der Waals surface area contributed by atoms with E-state index in [4.69, 9.17) is 4.74 Å². The van der Waals surface area contributed by atoms with Crippen LogP contribution in [0.2, 0.25) is 0 Å². The van der Waals surface area contributed by atoms with E-state index in [1.54, 1.807) is 7.05 Å². The van der Waals surface area contributed by atoms with Crippen molar-refractivity contribution < 1.29 is 4.74 Å². The Labute approximate surface area is 128 Å². The van der Waals surface area contributed by atoms with Gasteiger partial charge in [-0.25, -0.2) is 0 Å². The van der Waals surface area contributed by atoms with Gasteiger partial charge in [-0.3, -0.25) is 4.99 Å². The van der Waals surface area contributed by atoms with Crippen LogP contribution in [-0.4, -0.2) is 38.3 Å². The Morgan fingerprint density at radius 3 is 2.67 bits per heavy atom. The van der Waals surface area contributed by atoms with Gasteiger partial charge in [0.25, 0.3) is 0 Å². The lowest BCUT2D eigenvalue weighted by Gasteiger charge is -2.24. The molecule has 0 saturated heterocycles. The minimum absolute atomic E-state index is 0. The van der Waals surface area contributed by atoms with Gasteiger partial charge in [0.2, 0.25) is 0 Å². The molecule has 0 amide bonds. The molecular formula is C13H26IN3O. The first-order valence-electron chi connectivity index (χ1n) is 6.26. The lowest BCUT2D eigenvalue weighted by Crippen LogP contribution is -2.47. The van der Waals surface area contributed by atoms with Gasteiger partial charge < -0.3 is 15.4 Å². The normalized spacial score (nSPS) is 16.7. The van der Waals surface area contributed by atoms with Crippen LogP contribution in [0.3, 0.4) is 0 Å². The Morgan fingerprint density at radius 2 is 2.17 bits per heavy atom. The second-order valence-electron chi connectivity index (χ2n) is 5.31. The molecule has 1 aliphatic heterocycles. The van der Waals surface area contributed by atoms with Crippen molar-refractivity contribution >= 4 is 29.9 Å². The Bertz CT molecular complexity index is 295. The molecule has 4 nitrogen and oxygen atoms in total. The molecule has 0 spiro atoms. The predicted octanol–water partition coefficient (Wildman–Crippen LogP) is 2.30. The maximum Gasteiger partial charge on any atom is 0.191 e. The number of hydrogen-bond acceptors (Lipinski definition) is 2. The van der Waals surface area contributed by atoms with Crippen LogP contribution in [0.15, 0.2) is 16.6 Å². The average molecular weight is 367 g/mol. The number of ether oxygens (including phenoxy) is 1. The standard InChI is InChI=1S/C13H25N3O.HI/c1-13(2,3)16-12(14-4)15-8-5-11-6-9-17-10-7-11;/h6H,5,7-10H2,1-4H3,(H2,14,15,16);1H. The predicted molar refractivity (Wildman–Crippen MR) is 87.8 cm³/mol. The average Bonchev–Trinajstić information content (AvgIpc) is 2.27. The summed E-state index contributed by atoms with van der Waals surface area (Å²) in [6.07, 6.45) is 4.31. The fraction of sp³-hybridized carbons (Fsp3) is 0.769. The van der Waals surface area contributed by atoms with Crippen LogP contribution in [-0.2, 0) is 4.74 Å². The molecule has 2 N–H and O–H groups in total. The van der Waals surface area contributed by atoms with E-state index >= 15 is 0 Å². The molecule has 0 aromatic carbocycles. The molecule has 0 aromatic rings. The third-order valence-corrected chi connectivity index (χ3v) is 2.51. The van der Waals surface area contributed by atoms with Crippen molar-refractivity contribution in [3.63, 3.8) is 0 Å². The summed E-state index contributed by atoms with van der Waals surface area (Å²) < 4.78 is 5.28. The van der Waals surface area contributed by atoms with E-state index in [-0.39, 0.29) is 29.5 Å². The molecule has 18 heavy (non-hydrogen) atoms. The maximum absolute atomic E-state index is 5.28. The van der Waals surface area contributed by atoms with Crippen molar-refractivity contribution in [1.29, 1.82) is 0 Å². The van der Waals surface area contributed by atoms with Gasteiger partial charge in [0.1, 0.15) is 0 Å². The Kier molecular flexibility index (Phi) is 8.60. The second kappa shape index (κ2) is 8.74. The van der Waals surface area contributed by atoms with Gasteiger partial charge in [-0.1, -0.05) is 11.6 Å². The maximum atomic E-state index is 5.28. The first-order chi connectivity index (χ1) is 8.01. The molecule has 1 rings (SSSR count). The van der Waals surface area contributed by atoms with Crippen LogP contribution in [0, 0.1) is 0 Å². The summed E-state index contributed by atoms with van der Waals surface area (Å²) in [6, 6.07) is 0. The lowest BCUT2D eigenvalue weighted by molar-refractivity contribution is 0.153. The molecular weight excluding hydrogens is 341 g/mol. The fourth-order valence-electron chi connectivity index (χ4n) is 1.67. The molecule has 106 valence electrons. The van der Waals surface area contributed by atoms with Crippen molar-refractivity contribution in [2.24, 2.45) is 4.99 Å². The summed E-state index contributed by atoms with van der Waals surface area (Å²) in [5.74, 6) is 0.866. The summed E-state index contributed by atoms with van der Waals surface area (Å²) in [5.41, 5.74) is 1.52. The van der Waals surface area contributed by atoms with Crippen LogP contribution in [0.5, 0.6) is 0 Å². The minimum Gasteiger partial charge on any atom is -0.377 e. The molecule has 0 unspecified atom stereocenters. The highest BCUT2D eigenvalue weighted by molar-refractivity contribution is 14.0. The summed E-state index contributed by atoms with van der Waals surface area (Å²) in [4.78, 5) is 4.21.